The molecule has 3 aromatic rings. The third-order valence-electron chi connectivity index (χ3n) is 7.29. The number of pyridine rings is 1. The average molecular weight is 494 g/mol. The Kier molecular flexibility index (Phi) is 6.12. The van der Waals surface area contributed by atoms with E-state index in [1.165, 1.54) is 19.5 Å². The molecule has 2 heterocycles. The van der Waals surface area contributed by atoms with Gasteiger partial charge in [0, 0.05) is 18.4 Å². The van der Waals surface area contributed by atoms with Crippen LogP contribution in [0.1, 0.15) is 28.2 Å². The monoisotopic (exact) mass is 493 g/mol. The fourth-order valence-corrected chi connectivity index (χ4v) is 5.91. The minimum absolute atomic E-state index is 0.00248. The summed E-state index contributed by atoms with van der Waals surface area (Å²) in [5.74, 6) is -0.913. The largest absolute Gasteiger partial charge is 0.495 e. The van der Waals surface area contributed by atoms with Crippen LogP contribution >= 0.6 is 0 Å². The highest BCUT2D eigenvalue weighted by Crippen LogP contribution is 2.69. The second-order valence-corrected chi connectivity index (χ2v) is 9.05. The molecule has 0 amide bonds. The summed E-state index contributed by atoms with van der Waals surface area (Å²) >= 11 is 0. The van der Waals surface area contributed by atoms with Crippen LogP contribution in [0.4, 0.5) is 8.78 Å². The third-order valence-corrected chi connectivity index (χ3v) is 7.29. The summed E-state index contributed by atoms with van der Waals surface area (Å²) in [5.41, 5.74) is -1.67. The number of nitrogens with one attached hydrogen (secondary N) is 1. The summed E-state index contributed by atoms with van der Waals surface area (Å²) in [6.45, 7) is -0.560. The van der Waals surface area contributed by atoms with Crippen LogP contribution in [0.15, 0.2) is 67.0 Å². The number of nitriles is 1. The van der Waals surface area contributed by atoms with Gasteiger partial charge in [-0.3, -0.25) is 4.98 Å². The Hall–Kier alpha value is -3.58. The Bertz CT molecular complexity index is 1280. The van der Waals surface area contributed by atoms with Gasteiger partial charge in [-0.15, -0.1) is 0 Å². The molecule has 36 heavy (non-hydrogen) atoms. The van der Waals surface area contributed by atoms with Gasteiger partial charge < -0.3 is 25.0 Å². The van der Waals surface area contributed by atoms with Crippen LogP contribution in [0.5, 0.6) is 11.5 Å². The molecular weight excluding hydrogens is 468 g/mol. The lowest BCUT2D eigenvalue weighted by Crippen LogP contribution is -2.52. The van der Waals surface area contributed by atoms with Crippen LogP contribution in [-0.4, -0.2) is 47.9 Å². The molecule has 5 rings (SSSR count). The third kappa shape index (κ3) is 3.37. The molecule has 0 saturated heterocycles. The quantitative estimate of drug-likeness (QED) is 0.464. The van der Waals surface area contributed by atoms with Crippen LogP contribution in [-0.2, 0) is 11.2 Å². The van der Waals surface area contributed by atoms with E-state index in [9.17, 15) is 24.3 Å². The number of alkyl halides is 2. The fourth-order valence-electron chi connectivity index (χ4n) is 5.91. The molecule has 1 saturated carbocycles. The lowest BCUT2D eigenvalue weighted by molar-refractivity contribution is -0.152. The molecule has 0 spiro atoms. The van der Waals surface area contributed by atoms with E-state index in [2.05, 4.69) is 16.4 Å². The molecule has 0 unspecified atom stereocenters. The molecule has 0 bridgehead atoms. The fraction of sp³-hybridized carbons (Fsp3) is 0.333. The zero-order valence-corrected chi connectivity index (χ0v) is 19.4. The number of methoxy groups -OCH3 is 1. The first-order valence-corrected chi connectivity index (χ1v) is 11.5. The lowest BCUT2D eigenvalue weighted by atomic mass is 9.70. The number of fused-ring (bicyclic) bond motifs is 3. The summed E-state index contributed by atoms with van der Waals surface area (Å²) in [5, 5.41) is 36.5. The minimum atomic E-state index is -2.57. The van der Waals surface area contributed by atoms with Gasteiger partial charge in [0.05, 0.1) is 49.3 Å². The predicted molar refractivity (Wildman–Crippen MR) is 126 cm³/mol. The summed E-state index contributed by atoms with van der Waals surface area (Å²) in [6.07, 6.45) is -1.11. The number of rotatable bonds is 7. The van der Waals surface area contributed by atoms with E-state index < -0.39 is 42.1 Å². The molecule has 1 aliphatic carbocycles. The van der Waals surface area contributed by atoms with Gasteiger partial charge in [-0.2, -0.15) is 5.26 Å². The van der Waals surface area contributed by atoms with Crippen LogP contribution < -0.4 is 14.8 Å². The van der Waals surface area contributed by atoms with Crippen molar-refractivity contribution in [1.29, 1.82) is 5.26 Å². The van der Waals surface area contributed by atoms with Crippen LogP contribution in [0, 0.1) is 17.2 Å². The number of nitrogens with zero attached hydrogens (tertiary/aromatic N) is 2. The summed E-state index contributed by atoms with van der Waals surface area (Å²) in [7, 11) is 1.43. The van der Waals surface area contributed by atoms with Crippen LogP contribution in [0.2, 0.25) is 0 Å². The van der Waals surface area contributed by atoms with Crippen molar-refractivity contribution in [3.63, 3.8) is 0 Å². The molecule has 5 atom stereocenters. The first kappa shape index (κ1) is 24.1. The highest BCUT2D eigenvalue weighted by Gasteiger charge is 2.76. The van der Waals surface area contributed by atoms with Crippen molar-refractivity contribution < 1.29 is 28.5 Å². The summed E-state index contributed by atoms with van der Waals surface area (Å²) in [4.78, 5) is 4.17. The first-order chi connectivity index (χ1) is 17.4. The van der Waals surface area contributed by atoms with Crippen molar-refractivity contribution in [2.75, 3.05) is 20.2 Å². The number of aliphatic hydroxyl groups excluding tert-OH is 1. The number of hydrogen-bond acceptors (Lipinski definition) is 7. The Balaban J connectivity index is 1.78. The van der Waals surface area contributed by atoms with E-state index >= 15 is 0 Å². The molecule has 7 nitrogen and oxygen atoms in total. The smallest absolute Gasteiger partial charge is 0.250 e. The van der Waals surface area contributed by atoms with Gasteiger partial charge in [0.25, 0.3) is 6.43 Å². The minimum Gasteiger partial charge on any atom is -0.495 e. The SMILES string of the molecule is COc1cncc2c1[C@]1(O)[C@H](O)[C@H](CNCC(F)F)[C@@H](c3ccccc3)[C@]1(c1ccc(C#N)cc1)O2. The van der Waals surface area contributed by atoms with Gasteiger partial charge in [0.1, 0.15) is 11.5 Å². The van der Waals surface area contributed by atoms with Crippen molar-refractivity contribution in [3.8, 4) is 17.6 Å². The molecule has 9 heteroatoms. The number of hydrogen-bond donors (Lipinski definition) is 3. The Morgan fingerprint density at radius 3 is 2.53 bits per heavy atom. The Labute approximate surface area is 206 Å². The second-order valence-electron chi connectivity index (χ2n) is 9.05. The highest BCUT2D eigenvalue weighted by molar-refractivity contribution is 5.59. The lowest BCUT2D eigenvalue weighted by Gasteiger charge is -2.41. The first-order valence-electron chi connectivity index (χ1n) is 11.5. The maximum absolute atomic E-state index is 13.0. The van der Waals surface area contributed by atoms with E-state index in [1.54, 1.807) is 24.3 Å². The summed E-state index contributed by atoms with van der Waals surface area (Å²) in [6, 6.07) is 17.9. The van der Waals surface area contributed by atoms with Crippen LogP contribution in [0.3, 0.4) is 0 Å². The molecule has 186 valence electrons. The van der Waals surface area contributed by atoms with E-state index in [0.29, 0.717) is 11.1 Å². The molecule has 3 N–H and O–H groups in total. The zero-order chi connectivity index (χ0) is 25.5. The molecule has 1 aromatic heterocycles. The topological polar surface area (TPSA) is 108 Å². The summed E-state index contributed by atoms with van der Waals surface area (Å²) < 4.78 is 38.1. The predicted octanol–water partition coefficient (Wildman–Crippen LogP) is 3.07. The van der Waals surface area contributed by atoms with Gasteiger partial charge in [-0.25, -0.2) is 8.78 Å². The van der Waals surface area contributed by atoms with Gasteiger partial charge in [-0.1, -0.05) is 42.5 Å². The van der Waals surface area contributed by atoms with Crippen LogP contribution in [0.25, 0.3) is 0 Å². The van der Waals surface area contributed by atoms with E-state index in [4.69, 9.17) is 9.47 Å². The Morgan fingerprint density at radius 1 is 1.17 bits per heavy atom. The van der Waals surface area contributed by atoms with Crippen molar-refractivity contribution in [1.82, 2.24) is 10.3 Å². The molecule has 0 radical (unpaired) electrons. The highest BCUT2D eigenvalue weighted by atomic mass is 19.3. The number of aliphatic hydroxyl groups is 2. The van der Waals surface area contributed by atoms with Gasteiger partial charge in [0.15, 0.2) is 11.2 Å². The average Bonchev–Trinajstić information content (AvgIpc) is 3.27. The van der Waals surface area contributed by atoms with Gasteiger partial charge >= 0.3 is 0 Å². The van der Waals surface area contributed by atoms with Gasteiger partial charge in [0.2, 0.25) is 0 Å². The molecular formula is C27H25F2N3O4. The van der Waals surface area contributed by atoms with Crippen molar-refractivity contribution in [2.45, 2.75) is 29.6 Å². The molecule has 1 fully saturated rings. The maximum Gasteiger partial charge on any atom is 0.250 e. The van der Waals surface area contributed by atoms with E-state index in [1.807, 2.05) is 30.3 Å². The molecule has 2 aromatic carbocycles. The van der Waals surface area contributed by atoms with Gasteiger partial charge in [-0.05, 0) is 23.3 Å². The normalized spacial score (nSPS) is 28.3. The van der Waals surface area contributed by atoms with E-state index in [-0.39, 0.29) is 23.6 Å². The number of aromatic nitrogens is 1. The second kappa shape index (κ2) is 9.13. The molecule has 2 aliphatic rings. The molecule has 1 aliphatic heterocycles. The number of ether oxygens (including phenoxy) is 2. The van der Waals surface area contributed by atoms with Crippen molar-refractivity contribution in [3.05, 3.63) is 89.2 Å². The number of benzene rings is 2. The maximum atomic E-state index is 13.0. The zero-order valence-electron chi connectivity index (χ0n) is 19.4. The Morgan fingerprint density at radius 2 is 1.89 bits per heavy atom. The number of halogens is 2. The van der Waals surface area contributed by atoms with Crippen molar-refractivity contribution >= 4 is 0 Å². The van der Waals surface area contributed by atoms with Crippen molar-refractivity contribution in [2.24, 2.45) is 5.92 Å². The standard InChI is InChI=1S/C27H25F2N3O4/c1-35-20-13-32-14-21-24(20)26(34)25(33)19(12-31-15-22(28)29)23(17-5-3-2-4-6-17)27(26,36-21)18-9-7-16(11-30)8-10-18/h2-10,13-14,19,22-23,25,31,33-34H,12,15H2,1H3/t19-,23-,25-,26+,27+/m1/s1. The van der Waals surface area contributed by atoms with E-state index in [0.717, 1.165) is 5.56 Å².